The Labute approximate surface area is 106 Å². The van der Waals surface area contributed by atoms with E-state index in [2.05, 4.69) is 13.8 Å². The van der Waals surface area contributed by atoms with E-state index in [1.807, 2.05) is 24.3 Å². The van der Waals surface area contributed by atoms with Gasteiger partial charge in [0.1, 0.15) is 0 Å². The Hall–Kier alpha value is -0.830. The van der Waals surface area contributed by atoms with Crippen LogP contribution >= 0.6 is 0 Å². The van der Waals surface area contributed by atoms with Crippen molar-refractivity contribution in [2.24, 2.45) is 11.8 Å². The molecule has 1 aromatic carbocycles. The second-order valence-corrected chi connectivity index (χ2v) is 6.99. The van der Waals surface area contributed by atoms with Crippen LogP contribution in [0.3, 0.4) is 0 Å². The van der Waals surface area contributed by atoms with Crippen molar-refractivity contribution in [1.29, 1.82) is 0 Å². The Morgan fingerprint density at radius 1 is 1.12 bits per heavy atom. The Bertz CT molecular complexity index is 401. The average Bonchev–Trinajstić information content (AvgIpc) is 2.33. The minimum absolute atomic E-state index is 0.324. The van der Waals surface area contributed by atoms with Crippen molar-refractivity contribution in [3.63, 3.8) is 0 Å². The lowest BCUT2D eigenvalue weighted by atomic mass is 9.81. The number of nitrogen functional groups attached to an aromatic ring is 1. The molecule has 1 aliphatic rings. The second-order valence-electron chi connectivity index (χ2n) is 5.26. The molecule has 4 unspecified atom stereocenters. The Morgan fingerprint density at radius 3 is 2.35 bits per heavy atom. The summed E-state index contributed by atoms with van der Waals surface area (Å²) in [5.41, 5.74) is 6.38. The maximum atomic E-state index is 12.4. The van der Waals surface area contributed by atoms with Crippen LogP contribution in [0.4, 0.5) is 5.69 Å². The van der Waals surface area contributed by atoms with Crippen LogP contribution in [-0.2, 0) is 10.8 Å². The highest BCUT2D eigenvalue weighted by molar-refractivity contribution is 7.85. The molecule has 2 nitrogen and oxygen atoms in total. The number of nitrogens with two attached hydrogens (primary N) is 1. The van der Waals surface area contributed by atoms with E-state index in [1.165, 1.54) is 6.42 Å². The fraction of sp³-hybridized carbons (Fsp3) is 0.571. The first-order valence-corrected chi connectivity index (χ1v) is 7.55. The predicted octanol–water partition coefficient (Wildman–Crippen LogP) is 3.20. The fourth-order valence-electron chi connectivity index (χ4n) is 2.49. The summed E-state index contributed by atoms with van der Waals surface area (Å²) in [5, 5.41) is 0.324. The zero-order chi connectivity index (χ0) is 12.4. The fourth-order valence-corrected chi connectivity index (χ4v) is 4.10. The highest BCUT2D eigenvalue weighted by atomic mass is 32.2. The molecule has 0 aromatic heterocycles. The topological polar surface area (TPSA) is 43.1 Å². The standard InChI is InChI=1S/C14H21NOS/c1-10-3-6-14(9-11(10)2)17(16)13-7-4-12(15)5-8-13/h4-5,7-8,10-11,14H,3,6,9,15H2,1-2H3. The highest BCUT2D eigenvalue weighted by Crippen LogP contribution is 2.33. The van der Waals surface area contributed by atoms with Gasteiger partial charge in [-0.1, -0.05) is 13.8 Å². The molecular weight excluding hydrogens is 230 g/mol. The van der Waals surface area contributed by atoms with E-state index in [4.69, 9.17) is 5.73 Å². The van der Waals surface area contributed by atoms with Crippen LogP contribution in [0.1, 0.15) is 33.1 Å². The van der Waals surface area contributed by atoms with Crippen molar-refractivity contribution in [3.05, 3.63) is 24.3 Å². The second kappa shape index (κ2) is 5.21. The van der Waals surface area contributed by atoms with Gasteiger partial charge in [0.15, 0.2) is 0 Å². The van der Waals surface area contributed by atoms with Gasteiger partial charge in [0.25, 0.3) is 0 Å². The lowest BCUT2D eigenvalue weighted by Gasteiger charge is -2.31. The highest BCUT2D eigenvalue weighted by Gasteiger charge is 2.28. The van der Waals surface area contributed by atoms with Crippen LogP contribution < -0.4 is 5.73 Å². The quantitative estimate of drug-likeness (QED) is 0.820. The molecule has 0 heterocycles. The van der Waals surface area contributed by atoms with E-state index in [0.29, 0.717) is 11.2 Å². The summed E-state index contributed by atoms with van der Waals surface area (Å²) in [5.74, 6) is 1.46. The molecule has 0 spiro atoms. The molecule has 94 valence electrons. The average molecular weight is 251 g/mol. The van der Waals surface area contributed by atoms with E-state index >= 15 is 0 Å². The summed E-state index contributed by atoms with van der Waals surface area (Å²) in [6, 6.07) is 7.46. The molecular formula is C14H21NOS. The molecule has 4 atom stereocenters. The van der Waals surface area contributed by atoms with E-state index in [1.54, 1.807) is 0 Å². The van der Waals surface area contributed by atoms with E-state index in [9.17, 15) is 4.21 Å². The van der Waals surface area contributed by atoms with Gasteiger partial charge in [0, 0.05) is 15.8 Å². The van der Waals surface area contributed by atoms with Gasteiger partial charge in [-0.3, -0.25) is 4.21 Å². The Kier molecular flexibility index (Phi) is 3.87. The lowest BCUT2D eigenvalue weighted by Crippen LogP contribution is -2.27. The summed E-state index contributed by atoms with van der Waals surface area (Å²) in [6.45, 7) is 4.57. The lowest BCUT2D eigenvalue weighted by molar-refractivity contribution is 0.281. The van der Waals surface area contributed by atoms with Crippen LogP contribution in [-0.4, -0.2) is 9.46 Å². The molecule has 17 heavy (non-hydrogen) atoms. The maximum absolute atomic E-state index is 12.4. The summed E-state index contributed by atoms with van der Waals surface area (Å²) in [6.07, 6.45) is 3.37. The molecule has 1 aliphatic carbocycles. The SMILES string of the molecule is CC1CCC(S(=O)c2ccc(N)cc2)CC1C. The molecule has 1 aromatic rings. The molecule has 0 saturated heterocycles. The van der Waals surface area contributed by atoms with Crippen molar-refractivity contribution < 1.29 is 4.21 Å². The van der Waals surface area contributed by atoms with Gasteiger partial charge in [0.05, 0.1) is 10.8 Å². The number of rotatable bonds is 2. The monoisotopic (exact) mass is 251 g/mol. The molecule has 2 rings (SSSR count). The van der Waals surface area contributed by atoms with Crippen LogP contribution in [0.25, 0.3) is 0 Å². The number of hydrogen-bond donors (Lipinski definition) is 1. The largest absolute Gasteiger partial charge is 0.399 e. The van der Waals surface area contributed by atoms with Crippen LogP contribution in [0, 0.1) is 11.8 Å². The summed E-state index contributed by atoms with van der Waals surface area (Å²) in [7, 11) is -0.869. The van der Waals surface area contributed by atoms with Crippen molar-refractivity contribution in [3.8, 4) is 0 Å². The van der Waals surface area contributed by atoms with Gasteiger partial charge in [0.2, 0.25) is 0 Å². The smallest absolute Gasteiger partial charge is 0.0560 e. The third-order valence-electron chi connectivity index (χ3n) is 3.97. The van der Waals surface area contributed by atoms with Gasteiger partial charge < -0.3 is 5.73 Å². The van der Waals surface area contributed by atoms with Crippen molar-refractivity contribution in [2.45, 2.75) is 43.3 Å². The maximum Gasteiger partial charge on any atom is 0.0560 e. The molecule has 2 N–H and O–H groups in total. The molecule has 3 heteroatoms. The number of hydrogen-bond acceptors (Lipinski definition) is 2. The van der Waals surface area contributed by atoms with Gasteiger partial charge in [-0.15, -0.1) is 0 Å². The normalized spacial score (nSPS) is 31.1. The first-order valence-electron chi connectivity index (χ1n) is 6.34. The zero-order valence-corrected chi connectivity index (χ0v) is 11.4. The summed E-state index contributed by atoms with van der Waals surface area (Å²) in [4.78, 5) is 0.922. The first-order chi connectivity index (χ1) is 8.08. The Morgan fingerprint density at radius 2 is 1.76 bits per heavy atom. The molecule has 1 fully saturated rings. The van der Waals surface area contributed by atoms with Crippen molar-refractivity contribution >= 4 is 16.5 Å². The molecule has 0 amide bonds. The van der Waals surface area contributed by atoms with Gasteiger partial charge in [-0.25, -0.2) is 0 Å². The van der Waals surface area contributed by atoms with E-state index in [0.717, 1.165) is 29.3 Å². The third kappa shape index (κ3) is 2.89. The summed E-state index contributed by atoms with van der Waals surface area (Å²) < 4.78 is 12.4. The van der Waals surface area contributed by atoms with Crippen LogP contribution in [0.15, 0.2) is 29.2 Å². The predicted molar refractivity (Wildman–Crippen MR) is 73.2 cm³/mol. The van der Waals surface area contributed by atoms with Gasteiger partial charge >= 0.3 is 0 Å². The first kappa shape index (κ1) is 12.6. The molecule has 1 saturated carbocycles. The molecule has 0 radical (unpaired) electrons. The van der Waals surface area contributed by atoms with E-state index < -0.39 is 10.8 Å². The summed E-state index contributed by atoms with van der Waals surface area (Å²) >= 11 is 0. The van der Waals surface area contributed by atoms with Crippen LogP contribution in [0.2, 0.25) is 0 Å². The van der Waals surface area contributed by atoms with Gasteiger partial charge in [-0.2, -0.15) is 0 Å². The van der Waals surface area contributed by atoms with Crippen molar-refractivity contribution in [1.82, 2.24) is 0 Å². The molecule has 0 aliphatic heterocycles. The third-order valence-corrected chi connectivity index (χ3v) is 5.74. The Balaban J connectivity index is 2.08. The zero-order valence-electron chi connectivity index (χ0n) is 10.6. The van der Waals surface area contributed by atoms with Crippen LogP contribution in [0.5, 0.6) is 0 Å². The molecule has 0 bridgehead atoms. The minimum atomic E-state index is -0.869. The number of anilines is 1. The number of benzene rings is 1. The minimum Gasteiger partial charge on any atom is -0.399 e. The van der Waals surface area contributed by atoms with Gasteiger partial charge in [-0.05, 0) is 55.4 Å². The van der Waals surface area contributed by atoms with E-state index in [-0.39, 0.29) is 0 Å². The van der Waals surface area contributed by atoms with Crippen molar-refractivity contribution in [2.75, 3.05) is 5.73 Å².